The highest BCUT2D eigenvalue weighted by Gasteiger charge is 2.12. The number of carbonyl (C=O) groups excluding carboxylic acids is 1. The van der Waals surface area contributed by atoms with Crippen molar-refractivity contribution in [1.29, 1.82) is 0 Å². The Kier molecular flexibility index (Phi) is 7.40. The SMILES string of the molecule is Cc1ncsc1-c1ccc([C@@H](C)CC(=O)NCCCCCN)cc1. The number of amides is 1. The number of unbranched alkanes of at least 4 members (excludes halogenated alkanes) is 2. The van der Waals surface area contributed by atoms with Crippen LogP contribution in [-0.2, 0) is 4.79 Å². The van der Waals surface area contributed by atoms with E-state index in [1.807, 2.05) is 12.4 Å². The molecule has 3 N–H and O–H groups in total. The summed E-state index contributed by atoms with van der Waals surface area (Å²) >= 11 is 1.66. The van der Waals surface area contributed by atoms with Gasteiger partial charge in [0.2, 0.25) is 5.91 Å². The molecule has 1 heterocycles. The van der Waals surface area contributed by atoms with Crippen LogP contribution < -0.4 is 11.1 Å². The summed E-state index contributed by atoms with van der Waals surface area (Å²) in [7, 11) is 0. The van der Waals surface area contributed by atoms with Gasteiger partial charge in [-0.3, -0.25) is 4.79 Å². The van der Waals surface area contributed by atoms with Crippen LogP contribution in [0, 0.1) is 6.92 Å². The standard InChI is InChI=1S/C19H27N3OS/c1-14(12-18(23)21-11-5-3-4-10-20)16-6-8-17(9-7-16)19-15(2)22-13-24-19/h6-9,13-14H,3-5,10-12,20H2,1-2H3,(H,21,23)/t14-/m0/s1. The molecule has 0 radical (unpaired) electrons. The molecule has 0 bridgehead atoms. The molecule has 2 rings (SSSR count). The molecule has 0 aliphatic carbocycles. The maximum Gasteiger partial charge on any atom is 0.220 e. The van der Waals surface area contributed by atoms with E-state index in [4.69, 9.17) is 5.73 Å². The first-order chi connectivity index (χ1) is 11.6. The highest BCUT2D eigenvalue weighted by atomic mass is 32.1. The average molecular weight is 346 g/mol. The third-order valence-electron chi connectivity index (χ3n) is 4.18. The van der Waals surface area contributed by atoms with Crippen molar-refractivity contribution in [2.75, 3.05) is 13.1 Å². The summed E-state index contributed by atoms with van der Waals surface area (Å²) in [6.07, 6.45) is 3.62. The second kappa shape index (κ2) is 9.55. The van der Waals surface area contributed by atoms with Crippen molar-refractivity contribution in [1.82, 2.24) is 10.3 Å². The minimum atomic E-state index is 0.123. The van der Waals surface area contributed by atoms with Crippen LogP contribution in [0.15, 0.2) is 29.8 Å². The molecule has 1 atom stereocenters. The van der Waals surface area contributed by atoms with Crippen LogP contribution in [0.5, 0.6) is 0 Å². The van der Waals surface area contributed by atoms with Gasteiger partial charge in [0.1, 0.15) is 0 Å². The Morgan fingerprint density at radius 3 is 2.62 bits per heavy atom. The zero-order valence-corrected chi connectivity index (χ0v) is 15.4. The summed E-state index contributed by atoms with van der Waals surface area (Å²) in [6, 6.07) is 8.48. The van der Waals surface area contributed by atoms with Gasteiger partial charge in [0.25, 0.3) is 0 Å². The van der Waals surface area contributed by atoms with Gasteiger partial charge in [-0.1, -0.05) is 37.6 Å². The minimum absolute atomic E-state index is 0.123. The van der Waals surface area contributed by atoms with Crippen LogP contribution in [0.3, 0.4) is 0 Å². The van der Waals surface area contributed by atoms with E-state index < -0.39 is 0 Å². The molecular formula is C19H27N3OS. The summed E-state index contributed by atoms with van der Waals surface area (Å²) in [5.41, 5.74) is 10.8. The van der Waals surface area contributed by atoms with Crippen LogP contribution in [0.25, 0.3) is 10.4 Å². The number of rotatable bonds is 9. The zero-order valence-electron chi connectivity index (χ0n) is 14.5. The Bertz CT molecular complexity index is 636. The smallest absolute Gasteiger partial charge is 0.220 e. The second-order valence-electron chi connectivity index (χ2n) is 6.19. The maximum atomic E-state index is 12.0. The Balaban J connectivity index is 1.83. The van der Waals surface area contributed by atoms with E-state index in [0.717, 1.165) is 38.0 Å². The molecule has 5 heteroatoms. The molecule has 0 fully saturated rings. The van der Waals surface area contributed by atoms with E-state index >= 15 is 0 Å². The Labute approximate surface area is 148 Å². The van der Waals surface area contributed by atoms with Crippen molar-refractivity contribution in [2.45, 2.75) is 45.4 Å². The van der Waals surface area contributed by atoms with Crippen molar-refractivity contribution in [3.63, 3.8) is 0 Å². The lowest BCUT2D eigenvalue weighted by Crippen LogP contribution is -2.25. The molecule has 0 spiro atoms. The van der Waals surface area contributed by atoms with Crippen LogP contribution in [0.1, 0.15) is 49.8 Å². The van der Waals surface area contributed by atoms with Crippen LogP contribution in [0.4, 0.5) is 0 Å². The number of hydrogen-bond donors (Lipinski definition) is 2. The van der Waals surface area contributed by atoms with Gasteiger partial charge in [0.05, 0.1) is 16.1 Å². The fourth-order valence-electron chi connectivity index (χ4n) is 2.68. The quantitative estimate of drug-likeness (QED) is 0.678. The number of carbonyl (C=O) groups is 1. The lowest BCUT2D eigenvalue weighted by atomic mass is 9.96. The van der Waals surface area contributed by atoms with Gasteiger partial charge in [-0.25, -0.2) is 4.98 Å². The van der Waals surface area contributed by atoms with E-state index in [1.165, 1.54) is 16.0 Å². The van der Waals surface area contributed by atoms with E-state index in [1.54, 1.807) is 11.3 Å². The molecule has 130 valence electrons. The topological polar surface area (TPSA) is 68.0 Å². The molecular weight excluding hydrogens is 318 g/mol. The van der Waals surface area contributed by atoms with Gasteiger partial charge in [0, 0.05) is 13.0 Å². The zero-order chi connectivity index (χ0) is 17.4. The minimum Gasteiger partial charge on any atom is -0.356 e. The van der Waals surface area contributed by atoms with E-state index in [9.17, 15) is 4.79 Å². The molecule has 0 saturated heterocycles. The third kappa shape index (κ3) is 5.42. The summed E-state index contributed by atoms with van der Waals surface area (Å²) in [5.74, 6) is 0.336. The Morgan fingerprint density at radius 1 is 1.25 bits per heavy atom. The number of aromatic nitrogens is 1. The Hall–Kier alpha value is -1.72. The molecule has 0 aliphatic heterocycles. The first-order valence-electron chi connectivity index (χ1n) is 8.59. The summed E-state index contributed by atoms with van der Waals surface area (Å²) in [6.45, 7) is 5.60. The predicted octanol–water partition coefficient (Wildman–Crippen LogP) is 3.86. The number of benzene rings is 1. The van der Waals surface area contributed by atoms with Gasteiger partial charge >= 0.3 is 0 Å². The number of thiazole rings is 1. The first kappa shape index (κ1) is 18.6. The number of hydrogen-bond acceptors (Lipinski definition) is 4. The van der Waals surface area contributed by atoms with Gasteiger partial charge in [-0.15, -0.1) is 11.3 Å². The molecule has 4 nitrogen and oxygen atoms in total. The average Bonchev–Trinajstić information content (AvgIpc) is 3.01. The second-order valence-corrected chi connectivity index (χ2v) is 7.05. The van der Waals surface area contributed by atoms with E-state index in [2.05, 4.69) is 41.5 Å². The number of nitrogens with two attached hydrogens (primary N) is 1. The molecule has 1 amide bonds. The number of nitrogens with zero attached hydrogens (tertiary/aromatic N) is 1. The highest BCUT2D eigenvalue weighted by molar-refractivity contribution is 7.13. The fraction of sp³-hybridized carbons (Fsp3) is 0.474. The molecule has 0 saturated carbocycles. The Morgan fingerprint density at radius 2 is 2.00 bits per heavy atom. The highest BCUT2D eigenvalue weighted by Crippen LogP contribution is 2.29. The summed E-state index contributed by atoms with van der Waals surface area (Å²) in [5, 5.41) is 3.00. The van der Waals surface area contributed by atoms with Gasteiger partial charge in [-0.05, 0) is 43.4 Å². The third-order valence-corrected chi connectivity index (χ3v) is 5.16. The molecule has 1 aromatic carbocycles. The first-order valence-corrected chi connectivity index (χ1v) is 9.47. The van der Waals surface area contributed by atoms with Crippen molar-refractivity contribution in [3.8, 4) is 10.4 Å². The molecule has 0 aliphatic rings. The normalized spacial score (nSPS) is 12.1. The van der Waals surface area contributed by atoms with E-state index in [0.29, 0.717) is 6.42 Å². The predicted molar refractivity (Wildman–Crippen MR) is 101 cm³/mol. The van der Waals surface area contributed by atoms with Crippen LogP contribution in [-0.4, -0.2) is 24.0 Å². The van der Waals surface area contributed by atoms with Crippen LogP contribution >= 0.6 is 11.3 Å². The maximum absolute atomic E-state index is 12.0. The van der Waals surface area contributed by atoms with Crippen LogP contribution in [0.2, 0.25) is 0 Å². The van der Waals surface area contributed by atoms with Gasteiger partial charge < -0.3 is 11.1 Å². The van der Waals surface area contributed by atoms with Crippen molar-refractivity contribution >= 4 is 17.2 Å². The summed E-state index contributed by atoms with van der Waals surface area (Å²) < 4.78 is 0. The van der Waals surface area contributed by atoms with Crippen molar-refractivity contribution in [3.05, 3.63) is 41.0 Å². The summed E-state index contributed by atoms with van der Waals surface area (Å²) in [4.78, 5) is 17.5. The number of nitrogens with one attached hydrogen (secondary N) is 1. The lowest BCUT2D eigenvalue weighted by molar-refractivity contribution is -0.121. The lowest BCUT2D eigenvalue weighted by Gasteiger charge is -2.13. The van der Waals surface area contributed by atoms with Gasteiger partial charge in [-0.2, -0.15) is 0 Å². The molecule has 2 aromatic rings. The fourth-order valence-corrected chi connectivity index (χ4v) is 3.50. The monoisotopic (exact) mass is 345 g/mol. The molecule has 1 aromatic heterocycles. The van der Waals surface area contributed by atoms with Crippen molar-refractivity contribution in [2.24, 2.45) is 5.73 Å². The number of aryl methyl sites for hydroxylation is 1. The van der Waals surface area contributed by atoms with Gasteiger partial charge in [0.15, 0.2) is 0 Å². The molecule has 24 heavy (non-hydrogen) atoms. The van der Waals surface area contributed by atoms with E-state index in [-0.39, 0.29) is 11.8 Å². The molecule has 0 unspecified atom stereocenters. The van der Waals surface area contributed by atoms with Crippen molar-refractivity contribution < 1.29 is 4.79 Å². The largest absolute Gasteiger partial charge is 0.356 e.